The van der Waals surface area contributed by atoms with Crippen molar-refractivity contribution in [1.29, 1.82) is 0 Å². The van der Waals surface area contributed by atoms with Crippen LogP contribution in [0, 0.1) is 0 Å². The standard InChI is InChI=1S/C16H31BO/c1-2-3-4-5-6-7-14-18-17-15-10-8-11-16(17)13-9-12-15/h15-16H,2-14H2,1H3. The second kappa shape index (κ2) is 8.25. The fourth-order valence-corrected chi connectivity index (χ4v) is 3.99. The Kier molecular flexibility index (Phi) is 6.61. The van der Waals surface area contributed by atoms with Gasteiger partial charge in [0.2, 0.25) is 0 Å². The van der Waals surface area contributed by atoms with Gasteiger partial charge in [-0.3, -0.25) is 0 Å². The van der Waals surface area contributed by atoms with Gasteiger partial charge in [0.05, 0.1) is 0 Å². The lowest BCUT2D eigenvalue weighted by Crippen LogP contribution is -2.37. The minimum Gasteiger partial charge on any atom is -0.435 e. The fraction of sp³-hybridized carbons (Fsp3) is 1.00. The quantitative estimate of drug-likeness (QED) is 0.410. The van der Waals surface area contributed by atoms with Gasteiger partial charge in [-0.15, -0.1) is 0 Å². The number of fused-ring (bicyclic) bond motifs is 2. The third kappa shape index (κ3) is 4.29. The van der Waals surface area contributed by atoms with Crippen molar-refractivity contribution >= 4 is 6.92 Å². The SMILES string of the molecule is CCCCCCCCOB1C2CCCC1CCC2. The Morgan fingerprint density at radius 1 is 0.833 bits per heavy atom. The maximum absolute atomic E-state index is 6.26. The molecule has 0 radical (unpaired) electrons. The average molecular weight is 250 g/mol. The summed E-state index contributed by atoms with van der Waals surface area (Å²) >= 11 is 0. The minimum absolute atomic E-state index is 0.642. The van der Waals surface area contributed by atoms with Crippen molar-refractivity contribution in [3.05, 3.63) is 0 Å². The smallest absolute Gasteiger partial charge is 0.299 e. The molecule has 0 unspecified atom stereocenters. The summed E-state index contributed by atoms with van der Waals surface area (Å²) in [6, 6.07) is 0. The van der Waals surface area contributed by atoms with Gasteiger partial charge in [0.1, 0.15) is 0 Å². The molecular formula is C16H31BO. The summed E-state index contributed by atoms with van der Waals surface area (Å²) in [4.78, 5) is 0. The van der Waals surface area contributed by atoms with Crippen LogP contribution in [0.4, 0.5) is 0 Å². The van der Waals surface area contributed by atoms with Crippen LogP contribution in [-0.4, -0.2) is 13.5 Å². The summed E-state index contributed by atoms with van der Waals surface area (Å²) in [6.07, 6.45) is 17.0. The molecule has 18 heavy (non-hydrogen) atoms. The Bertz CT molecular complexity index is 197. The number of unbranched alkanes of at least 4 members (excludes halogenated alkanes) is 5. The highest BCUT2D eigenvalue weighted by molar-refractivity contribution is 6.56. The molecule has 0 aromatic rings. The van der Waals surface area contributed by atoms with Gasteiger partial charge in [0.15, 0.2) is 0 Å². The first kappa shape index (κ1) is 14.4. The maximum Gasteiger partial charge on any atom is 0.299 e. The van der Waals surface area contributed by atoms with Crippen LogP contribution in [0.2, 0.25) is 11.6 Å². The summed E-state index contributed by atoms with van der Waals surface area (Å²) in [6.45, 7) is 3.96. The number of hydrogen-bond donors (Lipinski definition) is 0. The third-order valence-corrected chi connectivity index (χ3v) is 5.04. The molecule has 0 amide bonds. The zero-order valence-electron chi connectivity index (χ0n) is 12.3. The second-order valence-corrected chi connectivity index (χ2v) is 6.49. The van der Waals surface area contributed by atoms with Gasteiger partial charge in [-0.25, -0.2) is 0 Å². The highest BCUT2D eigenvalue weighted by Crippen LogP contribution is 2.46. The summed E-state index contributed by atoms with van der Waals surface area (Å²) in [5, 5.41) is 0. The van der Waals surface area contributed by atoms with E-state index in [2.05, 4.69) is 6.92 Å². The van der Waals surface area contributed by atoms with Crippen LogP contribution >= 0.6 is 0 Å². The minimum atomic E-state index is 0.642. The predicted octanol–water partition coefficient (Wildman–Crippen LogP) is 5.46. The molecule has 0 N–H and O–H groups in total. The van der Waals surface area contributed by atoms with Crippen molar-refractivity contribution in [2.75, 3.05) is 6.61 Å². The van der Waals surface area contributed by atoms with Crippen LogP contribution in [0.3, 0.4) is 0 Å². The lowest BCUT2D eigenvalue weighted by molar-refractivity contribution is 0.260. The molecule has 0 spiro atoms. The topological polar surface area (TPSA) is 9.23 Å². The van der Waals surface area contributed by atoms with Crippen LogP contribution < -0.4 is 0 Å². The van der Waals surface area contributed by atoms with Crippen LogP contribution in [0.25, 0.3) is 0 Å². The van der Waals surface area contributed by atoms with Gasteiger partial charge in [0, 0.05) is 6.61 Å². The van der Waals surface area contributed by atoms with Gasteiger partial charge >= 0.3 is 0 Å². The molecule has 2 saturated heterocycles. The van der Waals surface area contributed by atoms with E-state index in [0.717, 1.165) is 18.2 Å². The Hall–Kier alpha value is 0.0249. The molecule has 2 heterocycles. The van der Waals surface area contributed by atoms with Gasteiger partial charge in [0.25, 0.3) is 6.92 Å². The van der Waals surface area contributed by atoms with Gasteiger partial charge < -0.3 is 4.65 Å². The molecule has 2 heteroatoms. The first-order valence-electron chi connectivity index (χ1n) is 8.53. The van der Waals surface area contributed by atoms with Crippen LogP contribution in [0.5, 0.6) is 0 Å². The van der Waals surface area contributed by atoms with E-state index in [-0.39, 0.29) is 0 Å². The third-order valence-electron chi connectivity index (χ3n) is 5.04. The molecule has 2 aliphatic heterocycles. The Morgan fingerprint density at radius 3 is 2.00 bits per heavy atom. The summed E-state index contributed by atoms with van der Waals surface area (Å²) < 4.78 is 6.26. The summed E-state index contributed by atoms with van der Waals surface area (Å²) in [5.41, 5.74) is 0. The molecule has 104 valence electrons. The maximum atomic E-state index is 6.26. The molecule has 0 aromatic heterocycles. The van der Waals surface area contributed by atoms with Crippen molar-refractivity contribution in [3.63, 3.8) is 0 Å². The Labute approximate surface area is 114 Å². The zero-order chi connectivity index (χ0) is 12.6. The molecule has 0 aromatic carbocycles. The van der Waals surface area contributed by atoms with Crippen molar-refractivity contribution < 1.29 is 4.65 Å². The lowest BCUT2D eigenvalue weighted by atomic mass is 9.38. The summed E-state index contributed by atoms with van der Waals surface area (Å²) in [5.74, 6) is 1.83. The molecule has 2 aliphatic rings. The van der Waals surface area contributed by atoms with E-state index in [0.29, 0.717) is 6.92 Å². The van der Waals surface area contributed by atoms with Gasteiger partial charge in [-0.1, -0.05) is 77.6 Å². The van der Waals surface area contributed by atoms with E-state index in [1.165, 1.54) is 77.0 Å². The molecule has 1 nitrogen and oxygen atoms in total. The van der Waals surface area contributed by atoms with Crippen molar-refractivity contribution in [1.82, 2.24) is 0 Å². The highest BCUT2D eigenvalue weighted by Gasteiger charge is 2.40. The fourth-order valence-electron chi connectivity index (χ4n) is 3.99. The number of rotatable bonds is 8. The summed E-state index contributed by atoms with van der Waals surface area (Å²) in [7, 11) is 0. The van der Waals surface area contributed by atoms with Gasteiger partial charge in [-0.2, -0.15) is 0 Å². The largest absolute Gasteiger partial charge is 0.435 e. The second-order valence-electron chi connectivity index (χ2n) is 6.49. The lowest BCUT2D eigenvalue weighted by Gasteiger charge is -2.39. The van der Waals surface area contributed by atoms with E-state index >= 15 is 0 Å². The van der Waals surface area contributed by atoms with Crippen LogP contribution in [0.1, 0.15) is 84.0 Å². The normalized spacial score (nSPS) is 27.5. The molecule has 0 aliphatic carbocycles. The molecule has 2 rings (SSSR count). The van der Waals surface area contributed by atoms with E-state index < -0.39 is 0 Å². The van der Waals surface area contributed by atoms with Crippen molar-refractivity contribution in [3.8, 4) is 0 Å². The zero-order valence-corrected chi connectivity index (χ0v) is 12.3. The van der Waals surface area contributed by atoms with Gasteiger partial charge in [-0.05, 0) is 18.1 Å². The van der Waals surface area contributed by atoms with Crippen LogP contribution in [-0.2, 0) is 4.65 Å². The highest BCUT2D eigenvalue weighted by atomic mass is 16.4. The molecule has 2 fully saturated rings. The van der Waals surface area contributed by atoms with E-state index in [1.807, 2.05) is 0 Å². The molecule has 2 bridgehead atoms. The van der Waals surface area contributed by atoms with E-state index in [4.69, 9.17) is 4.65 Å². The predicted molar refractivity (Wildman–Crippen MR) is 80.3 cm³/mol. The molecule has 0 saturated carbocycles. The Morgan fingerprint density at radius 2 is 1.39 bits per heavy atom. The Balaban J connectivity index is 1.55. The first-order valence-corrected chi connectivity index (χ1v) is 8.53. The van der Waals surface area contributed by atoms with Crippen molar-refractivity contribution in [2.45, 2.75) is 95.6 Å². The van der Waals surface area contributed by atoms with Crippen molar-refractivity contribution in [2.24, 2.45) is 0 Å². The molecule has 0 atom stereocenters. The average Bonchev–Trinajstić information content (AvgIpc) is 2.37. The number of hydrogen-bond acceptors (Lipinski definition) is 1. The first-order chi connectivity index (χ1) is 8.92. The van der Waals surface area contributed by atoms with E-state index in [9.17, 15) is 0 Å². The van der Waals surface area contributed by atoms with E-state index in [1.54, 1.807) is 0 Å². The van der Waals surface area contributed by atoms with Crippen LogP contribution in [0.15, 0.2) is 0 Å². The monoisotopic (exact) mass is 250 g/mol. The molecular weight excluding hydrogens is 219 g/mol.